The standard InChI is InChI=1S/C8H17Cl2N2O3P/c1-5-14-16(13,15-6-2)11-8(7(9)10)12(3)4/h7H,5-6H2,1-4H3/b11-8+. The summed E-state index contributed by atoms with van der Waals surface area (Å²) < 4.78 is 25.9. The quantitative estimate of drug-likeness (QED) is 0.327. The summed E-state index contributed by atoms with van der Waals surface area (Å²) in [7, 11) is -0.119. The molecule has 0 unspecified atom stereocenters. The molecule has 0 aliphatic heterocycles. The zero-order chi connectivity index (χ0) is 12.8. The van der Waals surface area contributed by atoms with Gasteiger partial charge >= 0.3 is 7.75 Å². The fourth-order valence-corrected chi connectivity index (χ4v) is 2.89. The Balaban J connectivity index is 5.06. The van der Waals surface area contributed by atoms with E-state index in [2.05, 4.69) is 4.76 Å². The van der Waals surface area contributed by atoms with Crippen molar-refractivity contribution in [3.63, 3.8) is 0 Å². The summed E-state index contributed by atoms with van der Waals surface area (Å²) in [4.78, 5) is 0.680. The summed E-state index contributed by atoms with van der Waals surface area (Å²) in [5.74, 6) is 0.244. The van der Waals surface area contributed by atoms with Crippen molar-refractivity contribution in [3.05, 3.63) is 0 Å². The Bertz CT molecular complexity index is 264. The van der Waals surface area contributed by atoms with Crippen LogP contribution in [-0.4, -0.2) is 42.9 Å². The Kier molecular flexibility index (Phi) is 7.61. The minimum atomic E-state index is -3.51. The second-order valence-corrected chi connectivity index (χ2v) is 5.71. The van der Waals surface area contributed by atoms with Gasteiger partial charge in [0.05, 0.1) is 13.2 Å². The van der Waals surface area contributed by atoms with Crippen molar-refractivity contribution in [2.75, 3.05) is 27.3 Å². The molecule has 0 aromatic rings. The molecular formula is C8H17Cl2N2O3P. The first kappa shape index (κ1) is 16.2. The van der Waals surface area contributed by atoms with Crippen LogP contribution in [0.4, 0.5) is 0 Å². The van der Waals surface area contributed by atoms with E-state index in [0.717, 1.165) is 0 Å². The third-order valence-corrected chi connectivity index (χ3v) is 3.47. The number of hydrogen-bond acceptors (Lipinski definition) is 3. The highest BCUT2D eigenvalue weighted by atomic mass is 35.5. The van der Waals surface area contributed by atoms with Crippen molar-refractivity contribution in [1.82, 2.24) is 4.90 Å². The lowest BCUT2D eigenvalue weighted by atomic mass is 10.6. The number of nitrogens with zero attached hydrogens (tertiary/aromatic N) is 2. The summed E-state index contributed by atoms with van der Waals surface area (Å²) >= 11 is 11.4. The lowest BCUT2D eigenvalue weighted by Gasteiger charge is -2.19. The minimum absolute atomic E-state index is 0.233. The van der Waals surface area contributed by atoms with Crippen LogP contribution in [0, 0.1) is 0 Å². The normalized spacial score (nSPS) is 13.3. The van der Waals surface area contributed by atoms with E-state index >= 15 is 0 Å². The van der Waals surface area contributed by atoms with Gasteiger partial charge in [-0.1, -0.05) is 23.2 Å². The highest BCUT2D eigenvalue weighted by Gasteiger charge is 2.26. The van der Waals surface area contributed by atoms with Crippen LogP contribution in [0.5, 0.6) is 0 Å². The number of hydrogen-bond donors (Lipinski definition) is 0. The molecule has 0 bridgehead atoms. The largest absolute Gasteiger partial charge is 0.455 e. The van der Waals surface area contributed by atoms with Gasteiger partial charge in [-0.15, -0.1) is 0 Å². The molecule has 0 fully saturated rings. The zero-order valence-corrected chi connectivity index (χ0v) is 12.2. The van der Waals surface area contributed by atoms with E-state index in [9.17, 15) is 4.57 Å². The first-order valence-corrected chi connectivity index (χ1v) is 7.17. The Morgan fingerprint density at radius 2 is 1.75 bits per heavy atom. The minimum Gasteiger partial charge on any atom is -0.364 e. The fraction of sp³-hybridized carbons (Fsp3) is 0.875. The van der Waals surface area contributed by atoms with Crippen LogP contribution in [0.2, 0.25) is 0 Å². The molecular weight excluding hydrogens is 274 g/mol. The van der Waals surface area contributed by atoms with Crippen LogP contribution in [0.3, 0.4) is 0 Å². The monoisotopic (exact) mass is 290 g/mol. The molecule has 0 N–H and O–H groups in total. The van der Waals surface area contributed by atoms with Gasteiger partial charge in [-0.3, -0.25) is 9.05 Å². The number of halogens is 2. The Labute approximate surface area is 106 Å². The summed E-state index contributed by atoms with van der Waals surface area (Å²) in [6, 6.07) is 0. The maximum absolute atomic E-state index is 12.1. The summed E-state index contributed by atoms with van der Waals surface area (Å²) in [5, 5.41) is 0. The molecule has 5 nitrogen and oxygen atoms in total. The highest BCUT2D eigenvalue weighted by molar-refractivity contribution is 7.52. The molecule has 0 atom stereocenters. The molecule has 0 saturated carbocycles. The first-order valence-electron chi connectivity index (χ1n) is 4.81. The Hall–Kier alpha value is 0.200. The molecule has 0 aromatic heterocycles. The summed E-state index contributed by atoms with van der Waals surface area (Å²) in [6.07, 6.45) is 0. The van der Waals surface area contributed by atoms with Crippen molar-refractivity contribution in [3.8, 4) is 0 Å². The predicted molar refractivity (Wildman–Crippen MR) is 67.5 cm³/mol. The molecule has 0 rings (SSSR count). The Morgan fingerprint density at radius 3 is 2.00 bits per heavy atom. The van der Waals surface area contributed by atoms with E-state index in [4.69, 9.17) is 32.2 Å². The maximum Gasteiger partial charge on any atom is 0.455 e. The van der Waals surface area contributed by atoms with E-state index in [1.54, 1.807) is 32.8 Å². The Morgan fingerprint density at radius 1 is 1.31 bits per heavy atom. The second-order valence-electron chi connectivity index (χ2n) is 2.96. The van der Waals surface area contributed by atoms with Crippen molar-refractivity contribution < 1.29 is 13.6 Å². The van der Waals surface area contributed by atoms with Gasteiger partial charge in [0.1, 0.15) is 5.84 Å². The van der Waals surface area contributed by atoms with Crippen LogP contribution < -0.4 is 0 Å². The smallest absolute Gasteiger partial charge is 0.364 e. The van der Waals surface area contributed by atoms with E-state index in [-0.39, 0.29) is 19.0 Å². The number of amidine groups is 1. The van der Waals surface area contributed by atoms with Crippen molar-refractivity contribution >= 4 is 36.8 Å². The van der Waals surface area contributed by atoms with Gasteiger partial charge < -0.3 is 4.90 Å². The molecule has 0 aromatic carbocycles. The third-order valence-electron chi connectivity index (χ3n) is 1.46. The average molecular weight is 291 g/mol. The van der Waals surface area contributed by atoms with E-state index < -0.39 is 12.6 Å². The molecule has 0 aliphatic rings. The van der Waals surface area contributed by atoms with Crippen LogP contribution in [0.25, 0.3) is 0 Å². The van der Waals surface area contributed by atoms with Gasteiger partial charge in [0, 0.05) is 14.1 Å². The van der Waals surface area contributed by atoms with Gasteiger partial charge in [-0.25, -0.2) is 4.57 Å². The van der Waals surface area contributed by atoms with Gasteiger partial charge in [-0.05, 0) is 13.8 Å². The van der Waals surface area contributed by atoms with Crippen LogP contribution in [-0.2, 0) is 13.6 Å². The third kappa shape index (κ3) is 5.51. The summed E-state index contributed by atoms with van der Waals surface area (Å²) in [6.45, 7) is 3.87. The average Bonchev–Trinajstić information content (AvgIpc) is 2.14. The highest BCUT2D eigenvalue weighted by Crippen LogP contribution is 2.50. The zero-order valence-electron chi connectivity index (χ0n) is 9.81. The lowest BCUT2D eigenvalue weighted by Crippen LogP contribution is -2.27. The van der Waals surface area contributed by atoms with Crippen molar-refractivity contribution in [1.29, 1.82) is 0 Å². The lowest BCUT2D eigenvalue weighted by molar-refractivity contribution is 0.221. The summed E-state index contributed by atoms with van der Waals surface area (Å²) in [5.41, 5.74) is 0. The van der Waals surface area contributed by atoms with Crippen molar-refractivity contribution in [2.24, 2.45) is 4.76 Å². The van der Waals surface area contributed by atoms with E-state index in [0.29, 0.717) is 0 Å². The molecule has 0 aliphatic carbocycles. The molecule has 0 saturated heterocycles. The molecule has 0 radical (unpaired) electrons. The molecule has 0 amide bonds. The molecule has 96 valence electrons. The number of alkyl halides is 2. The topological polar surface area (TPSA) is 51.1 Å². The van der Waals surface area contributed by atoms with Crippen molar-refractivity contribution in [2.45, 2.75) is 18.7 Å². The van der Waals surface area contributed by atoms with Gasteiger partial charge in [-0.2, -0.15) is 4.76 Å². The SMILES string of the molecule is CCOP(=O)(/N=C(\C(Cl)Cl)N(C)C)OCC. The molecule has 0 heterocycles. The van der Waals surface area contributed by atoms with E-state index in [1.807, 2.05) is 0 Å². The number of rotatable bonds is 6. The molecule has 16 heavy (non-hydrogen) atoms. The van der Waals surface area contributed by atoms with Crippen LogP contribution in [0.1, 0.15) is 13.8 Å². The second kappa shape index (κ2) is 7.51. The van der Waals surface area contributed by atoms with Crippen LogP contribution in [0.15, 0.2) is 4.76 Å². The van der Waals surface area contributed by atoms with Gasteiger partial charge in [0.2, 0.25) is 0 Å². The van der Waals surface area contributed by atoms with Gasteiger partial charge in [0.25, 0.3) is 0 Å². The maximum atomic E-state index is 12.1. The molecule has 0 spiro atoms. The van der Waals surface area contributed by atoms with Gasteiger partial charge in [0.15, 0.2) is 4.84 Å². The fourth-order valence-electron chi connectivity index (χ4n) is 0.875. The first-order chi connectivity index (χ1) is 7.36. The predicted octanol–water partition coefficient (Wildman–Crippen LogP) is 2.93. The van der Waals surface area contributed by atoms with Crippen LogP contribution >= 0.6 is 30.9 Å². The molecule has 8 heteroatoms. The van der Waals surface area contributed by atoms with E-state index in [1.165, 1.54) is 0 Å².